The fourth-order valence-electron chi connectivity index (χ4n) is 1.05. The van der Waals surface area contributed by atoms with Gasteiger partial charge in [-0.2, -0.15) is 10.2 Å². The number of hydrazone groups is 2. The summed E-state index contributed by atoms with van der Waals surface area (Å²) in [6, 6.07) is 9.90. The van der Waals surface area contributed by atoms with Crippen LogP contribution in [-0.4, -0.2) is 17.7 Å². The van der Waals surface area contributed by atoms with Crippen molar-refractivity contribution in [2.45, 2.75) is 13.5 Å². The van der Waals surface area contributed by atoms with Gasteiger partial charge in [0.1, 0.15) is 5.84 Å². The van der Waals surface area contributed by atoms with Crippen LogP contribution in [0.25, 0.3) is 0 Å². The van der Waals surface area contributed by atoms with Crippen LogP contribution in [0.4, 0.5) is 0 Å². The average molecular weight is 190 g/mol. The number of hydrogen-bond donors (Lipinski definition) is 1. The Morgan fingerprint density at radius 2 is 2.07 bits per heavy atom. The van der Waals surface area contributed by atoms with E-state index >= 15 is 0 Å². The first-order valence-electron chi connectivity index (χ1n) is 4.31. The Balaban J connectivity index is 2.67. The molecule has 0 fully saturated rings. The third kappa shape index (κ3) is 3.26. The van der Waals surface area contributed by atoms with Gasteiger partial charge in [0.25, 0.3) is 0 Å². The number of amidine groups is 1. The van der Waals surface area contributed by atoms with Gasteiger partial charge in [0.2, 0.25) is 0 Å². The van der Waals surface area contributed by atoms with Crippen molar-refractivity contribution in [2.24, 2.45) is 15.9 Å². The summed E-state index contributed by atoms with van der Waals surface area (Å²) in [6.07, 6.45) is 0. The van der Waals surface area contributed by atoms with Crippen molar-refractivity contribution in [2.75, 3.05) is 0 Å². The summed E-state index contributed by atoms with van der Waals surface area (Å²) in [7, 11) is 0. The second kappa shape index (κ2) is 5.01. The van der Waals surface area contributed by atoms with E-state index in [9.17, 15) is 0 Å². The minimum atomic E-state index is 0.466. The molecule has 0 atom stereocenters. The lowest BCUT2D eigenvalue weighted by Crippen LogP contribution is -2.16. The lowest BCUT2D eigenvalue weighted by molar-refractivity contribution is 0.298. The Bertz CT molecular complexity index is 314. The van der Waals surface area contributed by atoms with Gasteiger partial charge < -0.3 is 5.73 Å². The van der Waals surface area contributed by atoms with E-state index in [2.05, 4.69) is 16.9 Å². The average Bonchev–Trinajstić information content (AvgIpc) is 2.17. The van der Waals surface area contributed by atoms with Gasteiger partial charge >= 0.3 is 0 Å². The molecule has 0 aliphatic heterocycles. The number of hydrogen-bond acceptors (Lipinski definition) is 3. The molecule has 1 aromatic rings. The monoisotopic (exact) mass is 190 g/mol. The largest absolute Gasteiger partial charge is 0.386 e. The molecule has 0 saturated carbocycles. The summed E-state index contributed by atoms with van der Waals surface area (Å²) < 4.78 is 0. The molecule has 14 heavy (non-hydrogen) atoms. The van der Waals surface area contributed by atoms with E-state index in [4.69, 9.17) is 5.73 Å². The molecule has 0 heterocycles. The second-order valence-corrected chi connectivity index (χ2v) is 2.90. The first-order chi connectivity index (χ1) is 6.72. The van der Waals surface area contributed by atoms with E-state index in [-0.39, 0.29) is 0 Å². The number of nitrogens with two attached hydrogens (primary N) is 1. The molecule has 0 unspecified atom stereocenters. The van der Waals surface area contributed by atoms with Crippen LogP contribution >= 0.6 is 0 Å². The molecule has 0 aliphatic carbocycles. The van der Waals surface area contributed by atoms with Gasteiger partial charge in [0.15, 0.2) is 0 Å². The molecule has 2 N–H and O–H groups in total. The normalized spacial score (nSPS) is 11.1. The minimum Gasteiger partial charge on any atom is -0.386 e. The summed E-state index contributed by atoms with van der Waals surface area (Å²) in [5.41, 5.74) is 6.56. The van der Waals surface area contributed by atoms with Gasteiger partial charge in [0.05, 0.1) is 6.54 Å². The molecule has 4 heteroatoms. The van der Waals surface area contributed by atoms with Crippen molar-refractivity contribution < 1.29 is 0 Å². The van der Waals surface area contributed by atoms with Crippen LogP contribution in [0.2, 0.25) is 0 Å². The molecule has 0 aromatic heterocycles. The molecule has 0 bridgehead atoms. The van der Waals surface area contributed by atoms with Gasteiger partial charge in [-0.05, 0) is 12.5 Å². The quantitative estimate of drug-likeness (QED) is 0.443. The van der Waals surface area contributed by atoms with Crippen LogP contribution in [0.5, 0.6) is 0 Å². The minimum absolute atomic E-state index is 0.466. The third-order valence-corrected chi connectivity index (χ3v) is 1.60. The Kier molecular flexibility index (Phi) is 3.67. The Labute approximate surface area is 83.7 Å². The van der Waals surface area contributed by atoms with Gasteiger partial charge in [-0.1, -0.05) is 30.3 Å². The molecule has 0 aliphatic rings. The first-order valence-corrected chi connectivity index (χ1v) is 4.31. The van der Waals surface area contributed by atoms with Crippen LogP contribution in [0.3, 0.4) is 0 Å². The van der Waals surface area contributed by atoms with Gasteiger partial charge in [-0.15, -0.1) is 5.10 Å². The lowest BCUT2D eigenvalue weighted by Gasteiger charge is -2.12. The van der Waals surface area contributed by atoms with Crippen LogP contribution in [0, 0.1) is 0 Å². The van der Waals surface area contributed by atoms with Crippen LogP contribution in [0.1, 0.15) is 12.5 Å². The van der Waals surface area contributed by atoms with Gasteiger partial charge in [-0.3, -0.25) is 0 Å². The number of rotatable bonds is 4. The first kappa shape index (κ1) is 10.2. The molecule has 0 radical (unpaired) electrons. The predicted octanol–water partition coefficient (Wildman–Crippen LogP) is 1.40. The van der Waals surface area contributed by atoms with Gasteiger partial charge in [0, 0.05) is 6.72 Å². The zero-order valence-electron chi connectivity index (χ0n) is 8.22. The zero-order chi connectivity index (χ0) is 10.4. The third-order valence-electron chi connectivity index (χ3n) is 1.60. The van der Waals surface area contributed by atoms with E-state index in [0.717, 1.165) is 5.56 Å². The SMILES string of the molecule is C=NN(Cc1ccccc1)/N=C(/C)N. The summed E-state index contributed by atoms with van der Waals surface area (Å²) in [5, 5.41) is 9.19. The standard InChI is InChI=1S/C10H14N4/c1-9(11)13-14(12-2)8-10-6-4-3-5-7-10/h3-7H,2,8H2,1H3,(H2,11,13). The molecule has 1 aromatic carbocycles. The van der Waals surface area contributed by atoms with Crippen molar-refractivity contribution in [1.29, 1.82) is 0 Å². The molecule has 0 amide bonds. The second-order valence-electron chi connectivity index (χ2n) is 2.90. The molecule has 0 saturated heterocycles. The van der Waals surface area contributed by atoms with Crippen molar-refractivity contribution in [3.63, 3.8) is 0 Å². The summed E-state index contributed by atoms with van der Waals surface area (Å²) >= 11 is 0. The van der Waals surface area contributed by atoms with Crippen LogP contribution in [0.15, 0.2) is 40.5 Å². The number of nitrogens with zero attached hydrogens (tertiary/aromatic N) is 3. The van der Waals surface area contributed by atoms with Gasteiger partial charge in [-0.25, -0.2) is 0 Å². The van der Waals surface area contributed by atoms with E-state index in [1.165, 1.54) is 5.12 Å². The Morgan fingerprint density at radius 3 is 2.57 bits per heavy atom. The van der Waals surface area contributed by atoms with Crippen molar-refractivity contribution in [1.82, 2.24) is 5.12 Å². The maximum atomic E-state index is 5.44. The lowest BCUT2D eigenvalue weighted by atomic mass is 10.2. The highest BCUT2D eigenvalue weighted by atomic mass is 15.7. The topological polar surface area (TPSA) is 54.0 Å². The predicted molar refractivity (Wildman–Crippen MR) is 58.8 cm³/mol. The molecule has 74 valence electrons. The highest BCUT2D eigenvalue weighted by Crippen LogP contribution is 2.04. The highest BCUT2D eigenvalue weighted by Gasteiger charge is 1.98. The maximum Gasteiger partial charge on any atom is 0.118 e. The van der Waals surface area contributed by atoms with E-state index in [1.807, 2.05) is 30.3 Å². The summed E-state index contributed by atoms with van der Waals surface area (Å²) in [5.74, 6) is 0.466. The molecular formula is C10H14N4. The van der Waals surface area contributed by atoms with E-state index in [0.29, 0.717) is 12.4 Å². The Morgan fingerprint density at radius 1 is 1.43 bits per heavy atom. The summed E-state index contributed by atoms with van der Waals surface area (Å²) in [6.45, 7) is 5.72. The summed E-state index contributed by atoms with van der Waals surface area (Å²) in [4.78, 5) is 0. The fraction of sp³-hybridized carbons (Fsp3) is 0.200. The molecular weight excluding hydrogens is 176 g/mol. The van der Waals surface area contributed by atoms with Crippen LogP contribution < -0.4 is 5.73 Å². The maximum absolute atomic E-state index is 5.44. The zero-order valence-corrected chi connectivity index (χ0v) is 8.22. The van der Waals surface area contributed by atoms with Crippen molar-refractivity contribution >= 4 is 12.6 Å². The van der Waals surface area contributed by atoms with Crippen molar-refractivity contribution in [3.05, 3.63) is 35.9 Å². The fourth-order valence-corrected chi connectivity index (χ4v) is 1.05. The van der Waals surface area contributed by atoms with E-state index < -0.39 is 0 Å². The molecule has 4 nitrogen and oxygen atoms in total. The highest BCUT2D eigenvalue weighted by molar-refractivity contribution is 5.77. The molecule has 1 rings (SSSR count). The van der Waals surface area contributed by atoms with E-state index in [1.54, 1.807) is 6.92 Å². The Hall–Kier alpha value is -1.84. The number of benzene rings is 1. The molecule has 0 spiro atoms. The smallest absolute Gasteiger partial charge is 0.118 e. The van der Waals surface area contributed by atoms with Crippen molar-refractivity contribution in [3.8, 4) is 0 Å². The van der Waals surface area contributed by atoms with Crippen LogP contribution in [-0.2, 0) is 6.54 Å².